The van der Waals surface area contributed by atoms with Gasteiger partial charge in [0, 0.05) is 16.9 Å². The summed E-state index contributed by atoms with van der Waals surface area (Å²) >= 11 is 1.65. The van der Waals surface area contributed by atoms with E-state index in [1.807, 2.05) is 62.6 Å². The molecule has 1 N–H and O–H groups in total. The number of nitrogens with one attached hydrogen (secondary N) is 1. The van der Waals surface area contributed by atoms with Gasteiger partial charge in [0.15, 0.2) is 17.2 Å². The van der Waals surface area contributed by atoms with Gasteiger partial charge in [-0.05, 0) is 44.4 Å². The third kappa shape index (κ3) is 2.69. The quantitative estimate of drug-likeness (QED) is 0.801. The van der Waals surface area contributed by atoms with E-state index in [9.17, 15) is 4.79 Å². The zero-order valence-corrected chi connectivity index (χ0v) is 15.9. The number of benzene rings is 2. The van der Waals surface area contributed by atoms with Gasteiger partial charge < -0.3 is 14.8 Å². The molecule has 0 spiro atoms. The number of hydrogen-bond donors (Lipinski definition) is 1. The Labute approximate surface area is 157 Å². The van der Waals surface area contributed by atoms with Crippen LogP contribution < -0.4 is 19.7 Å². The summed E-state index contributed by atoms with van der Waals surface area (Å²) in [4.78, 5) is 15.8. The van der Waals surface area contributed by atoms with Gasteiger partial charge in [0.05, 0.1) is 18.3 Å². The van der Waals surface area contributed by atoms with Crippen LogP contribution in [0.1, 0.15) is 31.9 Å². The highest BCUT2D eigenvalue weighted by Crippen LogP contribution is 2.49. The fourth-order valence-electron chi connectivity index (χ4n) is 3.77. The molecule has 2 aromatic carbocycles. The first kappa shape index (κ1) is 17.1. The molecule has 0 saturated carbocycles. The number of ether oxygens (including phenoxy) is 2. The fourth-order valence-corrected chi connectivity index (χ4v) is 4.22. The molecular weight excluding hydrogens is 348 g/mol. The molecule has 2 bridgehead atoms. The van der Waals surface area contributed by atoms with Crippen molar-refractivity contribution in [2.75, 3.05) is 17.8 Å². The molecule has 136 valence electrons. The highest BCUT2D eigenvalue weighted by molar-refractivity contribution is 7.98. The molecular formula is C20H22N2O3S. The monoisotopic (exact) mass is 370 g/mol. The molecule has 1 saturated heterocycles. The van der Waals surface area contributed by atoms with E-state index in [1.165, 1.54) is 0 Å². The number of para-hydroxylation sites is 1. The second kappa shape index (κ2) is 6.43. The first-order chi connectivity index (χ1) is 12.6. The zero-order chi connectivity index (χ0) is 18.3. The van der Waals surface area contributed by atoms with E-state index in [0.29, 0.717) is 13.0 Å². The van der Waals surface area contributed by atoms with Crippen LogP contribution in [0.4, 0.5) is 10.5 Å². The first-order valence-corrected chi connectivity index (χ1v) is 9.97. The van der Waals surface area contributed by atoms with E-state index in [0.717, 1.165) is 27.6 Å². The summed E-state index contributed by atoms with van der Waals surface area (Å²) in [5.74, 6) is 1.44. The van der Waals surface area contributed by atoms with Gasteiger partial charge in [0.25, 0.3) is 0 Å². The topological polar surface area (TPSA) is 50.8 Å². The summed E-state index contributed by atoms with van der Waals surface area (Å²) in [6.45, 7) is 4.48. The first-order valence-electron chi connectivity index (χ1n) is 8.75. The van der Waals surface area contributed by atoms with Gasteiger partial charge >= 0.3 is 6.03 Å². The third-order valence-corrected chi connectivity index (χ3v) is 5.60. The molecule has 26 heavy (non-hydrogen) atoms. The molecule has 2 aromatic rings. The lowest BCUT2D eigenvalue weighted by molar-refractivity contribution is 0.0343. The highest BCUT2D eigenvalue weighted by Gasteiger charge is 2.50. The maximum absolute atomic E-state index is 12.9. The van der Waals surface area contributed by atoms with Crippen molar-refractivity contribution in [1.29, 1.82) is 0 Å². The maximum atomic E-state index is 12.9. The van der Waals surface area contributed by atoms with Crippen LogP contribution in [0.2, 0.25) is 0 Å². The molecule has 4 rings (SSSR count). The Morgan fingerprint density at radius 1 is 1.35 bits per heavy atom. The van der Waals surface area contributed by atoms with Crippen molar-refractivity contribution in [1.82, 2.24) is 5.32 Å². The van der Waals surface area contributed by atoms with Crippen LogP contribution in [0.3, 0.4) is 0 Å². The van der Waals surface area contributed by atoms with Crippen LogP contribution in [-0.4, -0.2) is 24.6 Å². The molecule has 2 aliphatic heterocycles. The number of hydrogen-bond acceptors (Lipinski definition) is 4. The smallest absolute Gasteiger partial charge is 0.325 e. The van der Waals surface area contributed by atoms with E-state index in [2.05, 4.69) is 5.32 Å². The SMILES string of the molecule is CCOc1cccc2c1OC1(C)CC2NC(=O)N1c1cccc(SC)c1. The molecule has 2 amide bonds. The van der Waals surface area contributed by atoms with Crippen molar-refractivity contribution < 1.29 is 14.3 Å². The number of thioether (sulfide) groups is 1. The molecule has 5 nitrogen and oxygen atoms in total. The van der Waals surface area contributed by atoms with Gasteiger partial charge in [-0.15, -0.1) is 11.8 Å². The minimum atomic E-state index is -0.774. The summed E-state index contributed by atoms with van der Waals surface area (Å²) in [7, 11) is 0. The van der Waals surface area contributed by atoms with Crippen molar-refractivity contribution >= 4 is 23.5 Å². The Morgan fingerprint density at radius 2 is 2.15 bits per heavy atom. The van der Waals surface area contributed by atoms with Crippen LogP contribution in [0.15, 0.2) is 47.4 Å². The Balaban J connectivity index is 1.79. The van der Waals surface area contributed by atoms with E-state index >= 15 is 0 Å². The van der Waals surface area contributed by atoms with Crippen molar-refractivity contribution in [2.24, 2.45) is 0 Å². The number of carbonyl (C=O) groups is 1. The number of fused-ring (bicyclic) bond motifs is 4. The van der Waals surface area contributed by atoms with Crippen LogP contribution in [-0.2, 0) is 0 Å². The van der Waals surface area contributed by atoms with Crippen LogP contribution >= 0.6 is 11.8 Å². The normalized spacial score (nSPS) is 23.7. The molecule has 2 atom stereocenters. The molecule has 0 aromatic heterocycles. The van der Waals surface area contributed by atoms with E-state index in [4.69, 9.17) is 9.47 Å². The molecule has 2 aliphatic rings. The molecule has 1 fully saturated rings. The number of nitrogens with zero attached hydrogens (tertiary/aromatic N) is 1. The lowest BCUT2D eigenvalue weighted by Crippen LogP contribution is -2.65. The second-order valence-electron chi connectivity index (χ2n) is 6.63. The van der Waals surface area contributed by atoms with Crippen LogP contribution in [0, 0.1) is 0 Å². The number of rotatable bonds is 4. The maximum Gasteiger partial charge on any atom is 0.325 e. The molecule has 6 heteroatoms. The van der Waals surface area contributed by atoms with Gasteiger partial charge in [-0.3, -0.25) is 4.90 Å². The Bertz CT molecular complexity index is 857. The van der Waals surface area contributed by atoms with E-state index in [1.54, 1.807) is 16.7 Å². The van der Waals surface area contributed by atoms with Gasteiger partial charge in [0.1, 0.15) is 0 Å². The molecule has 2 unspecified atom stereocenters. The zero-order valence-electron chi connectivity index (χ0n) is 15.1. The van der Waals surface area contributed by atoms with Gasteiger partial charge in [-0.1, -0.05) is 18.2 Å². The Hall–Kier alpha value is -2.34. The van der Waals surface area contributed by atoms with Crippen LogP contribution in [0.5, 0.6) is 11.5 Å². The number of carbonyl (C=O) groups excluding carboxylic acids is 1. The average molecular weight is 370 g/mol. The Morgan fingerprint density at radius 3 is 2.92 bits per heavy atom. The van der Waals surface area contributed by atoms with Crippen molar-refractivity contribution in [3.63, 3.8) is 0 Å². The van der Waals surface area contributed by atoms with E-state index < -0.39 is 5.72 Å². The Kier molecular flexibility index (Phi) is 4.23. The standard InChI is InChI=1S/C20H22N2O3S/c1-4-24-17-10-6-9-15-16-12-20(2,25-18(15)17)22(19(23)21-16)13-7-5-8-14(11-13)26-3/h5-11,16H,4,12H2,1-3H3,(H,21,23). The lowest BCUT2D eigenvalue weighted by atomic mass is 9.90. The third-order valence-electron chi connectivity index (χ3n) is 4.87. The summed E-state index contributed by atoms with van der Waals surface area (Å²) in [6.07, 6.45) is 2.69. The molecule has 2 heterocycles. The van der Waals surface area contributed by atoms with Gasteiger partial charge in [-0.2, -0.15) is 0 Å². The summed E-state index contributed by atoms with van der Waals surface area (Å²) in [6, 6.07) is 13.6. The van der Waals surface area contributed by atoms with Gasteiger partial charge in [0.2, 0.25) is 0 Å². The molecule has 0 radical (unpaired) electrons. The summed E-state index contributed by atoms with van der Waals surface area (Å²) < 4.78 is 12.2. The van der Waals surface area contributed by atoms with E-state index in [-0.39, 0.29) is 12.1 Å². The number of anilines is 1. The summed E-state index contributed by atoms with van der Waals surface area (Å²) in [5, 5.41) is 3.13. The predicted octanol–water partition coefficient (Wildman–Crippen LogP) is 4.58. The summed E-state index contributed by atoms with van der Waals surface area (Å²) in [5.41, 5.74) is 1.02. The number of urea groups is 1. The minimum Gasteiger partial charge on any atom is -0.490 e. The van der Waals surface area contributed by atoms with Crippen molar-refractivity contribution in [3.8, 4) is 11.5 Å². The second-order valence-corrected chi connectivity index (χ2v) is 7.51. The molecule has 0 aliphatic carbocycles. The van der Waals surface area contributed by atoms with Crippen LogP contribution in [0.25, 0.3) is 0 Å². The predicted molar refractivity (Wildman–Crippen MR) is 103 cm³/mol. The fraction of sp³-hybridized carbons (Fsp3) is 0.350. The average Bonchev–Trinajstić information content (AvgIpc) is 2.62. The largest absolute Gasteiger partial charge is 0.490 e. The van der Waals surface area contributed by atoms with Gasteiger partial charge in [-0.25, -0.2) is 4.79 Å². The minimum absolute atomic E-state index is 0.0864. The van der Waals surface area contributed by atoms with Crippen molar-refractivity contribution in [2.45, 2.75) is 36.9 Å². The van der Waals surface area contributed by atoms with Crippen molar-refractivity contribution in [3.05, 3.63) is 48.0 Å². The lowest BCUT2D eigenvalue weighted by Gasteiger charge is -2.50. The number of amides is 2. The highest BCUT2D eigenvalue weighted by atomic mass is 32.2.